The summed E-state index contributed by atoms with van der Waals surface area (Å²) in [5.41, 5.74) is 2.61. The Kier molecular flexibility index (Phi) is 2.53. The van der Waals surface area contributed by atoms with Crippen molar-refractivity contribution in [1.29, 1.82) is 0 Å². The molecule has 0 unspecified atom stereocenters. The molecule has 13 heavy (non-hydrogen) atoms. The molecule has 0 aliphatic heterocycles. The van der Waals surface area contributed by atoms with Crippen LogP contribution in [-0.2, 0) is 0 Å². The van der Waals surface area contributed by atoms with E-state index in [-0.39, 0.29) is 0 Å². The van der Waals surface area contributed by atoms with Crippen LogP contribution in [0.25, 0.3) is 0 Å². The molecule has 1 aliphatic carbocycles. The monoisotopic (exact) mass is 175 g/mol. The fourth-order valence-electron chi connectivity index (χ4n) is 1.96. The highest BCUT2D eigenvalue weighted by Crippen LogP contribution is 2.22. The number of aryl methyl sites for hydroxylation is 1. The Hall–Kier alpha value is -0.980. The fourth-order valence-corrected chi connectivity index (χ4v) is 1.96. The zero-order chi connectivity index (χ0) is 9.10. The molecule has 70 valence electrons. The van der Waals surface area contributed by atoms with Gasteiger partial charge in [0, 0.05) is 11.7 Å². The van der Waals surface area contributed by atoms with Gasteiger partial charge in [0.05, 0.1) is 0 Å². The second-order valence-corrected chi connectivity index (χ2v) is 3.99. The van der Waals surface area contributed by atoms with E-state index in [4.69, 9.17) is 0 Å². The van der Waals surface area contributed by atoms with Crippen molar-refractivity contribution < 1.29 is 0 Å². The number of anilines is 1. The van der Waals surface area contributed by atoms with Crippen LogP contribution in [0.1, 0.15) is 31.2 Å². The summed E-state index contributed by atoms with van der Waals surface area (Å²) in [6.07, 6.45) is 5.47. The van der Waals surface area contributed by atoms with Crippen molar-refractivity contribution in [2.75, 3.05) is 5.32 Å². The molecule has 0 radical (unpaired) electrons. The lowest BCUT2D eigenvalue weighted by molar-refractivity contribution is 0.755. The standard InChI is InChI=1S/C12H17N/c1-10-6-8-12(9-7-10)13-11-4-2-3-5-11/h6-9,11,13H,2-5H2,1H3. The van der Waals surface area contributed by atoms with E-state index >= 15 is 0 Å². The van der Waals surface area contributed by atoms with Crippen molar-refractivity contribution in [2.24, 2.45) is 0 Å². The van der Waals surface area contributed by atoms with E-state index in [1.165, 1.54) is 36.9 Å². The highest BCUT2D eigenvalue weighted by molar-refractivity contribution is 5.45. The van der Waals surface area contributed by atoms with Crippen LogP contribution < -0.4 is 5.32 Å². The Morgan fingerprint density at radius 3 is 2.31 bits per heavy atom. The highest BCUT2D eigenvalue weighted by atomic mass is 14.9. The third-order valence-electron chi connectivity index (χ3n) is 2.78. The maximum atomic E-state index is 3.57. The fraction of sp³-hybridized carbons (Fsp3) is 0.500. The smallest absolute Gasteiger partial charge is 0.0342 e. The maximum Gasteiger partial charge on any atom is 0.0342 e. The lowest BCUT2D eigenvalue weighted by Crippen LogP contribution is -2.14. The van der Waals surface area contributed by atoms with Crippen LogP contribution in [0, 0.1) is 6.92 Å². The first-order valence-electron chi connectivity index (χ1n) is 5.18. The number of rotatable bonds is 2. The highest BCUT2D eigenvalue weighted by Gasteiger charge is 2.13. The summed E-state index contributed by atoms with van der Waals surface area (Å²) in [7, 11) is 0. The molecule has 0 spiro atoms. The van der Waals surface area contributed by atoms with Crippen LogP contribution in [0.3, 0.4) is 0 Å². The molecule has 2 rings (SSSR count). The molecule has 1 fully saturated rings. The van der Waals surface area contributed by atoms with Gasteiger partial charge in [-0.1, -0.05) is 30.5 Å². The second-order valence-electron chi connectivity index (χ2n) is 3.99. The number of hydrogen-bond acceptors (Lipinski definition) is 1. The molecule has 1 aliphatic rings. The maximum absolute atomic E-state index is 3.57. The SMILES string of the molecule is Cc1ccc(NC2CCCC2)cc1. The van der Waals surface area contributed by atoms with Gasteiger partial charge in [-0.15, -0.1) is 0 Å². The average Bonchev–Trinajstić information content (AvgIpc) is 2.62. The minimum Gasteiger partial charge on any atom is -0.382 e. The van der Waals surface area contributed by atoms with Crippen LogP contribution in [0.5, 0.6) is 0 Å². The van der Waals surface area contributed by atoms with Crippen molar-refractivity contribution in [3.05, 3.63) is 29.8 Å². The molecular formula is C12H17N. The molecule has 1 aromatic rings. The van der Waals surface area contributed by atoms with Gasteiger partial charge in [-0.3, -0.25) is 0 Å². The van der Waals surface area contributed by atoms with Gasteiger partial charge in [-0.2, -0.15) is 0 Å². The van der Waals surface area contributed by atoms with Crippen LogP contribution in [0.2, 0.25) is 0 Å². The molecule has 1 aromatic carbocycles. The molecular weight excluding hydrogens is 158 g/mol. The predicted octanol–water partition coefficient (Wildman–Crippen LogP) is 3.35. The molecule has 0 aromatic heterocycles. The summed E-state index contributed by atoms with van der Waals surface area (Å²) in [5.74, 6) is 0. The van der Waals surface area contributed by atoms with E-state index in [1.807, 2.05) is 0 Å². The van der Waals surface area contributed by atoms with Crippen LogP contribution >= 0.6 is 0 Å². The van der Waals surface area contributed by atoms with Gasteiger partial charge in [0.1, 0.15) is 0 Å². The van der Waals surface area contributed by atoms with Gasteiger partial charge in [-0.25, -0.2) is 0 Å². The Morgan fingerprint density at radius 2 is 1.69 bits per heavy atom. The summed E-state index contributed by atoms with van der Waals surface area (Å²) in [5, 5.41) is 3.57. The molecule has 0 bridgehead atoms. The number of benzene rings is 1. The molecule has 0 saturated heterocycles. The van der Waals surface area contributed by atoms with Gasteiger partial charge < -0.3 is 5.32 Å². The molecule has 1 nitrogen and oxygen atoms in total. The topological polar surface area (TPSA) is 12.0 Å². The van der Waals surface area contributed by atoms with Crippen molar-refractivity contribution >= 4 is 5.69 Å². The summed E-state index contributed by atoms with van der Waals surface area (Å²) in [6, 6.07) is 9.40. The average molecular weight is 175 g/mol. The Bertz CT molecular complexity index is 257. The molecule has 1 heteroatoms. The van der Waals surface area contributed by atoms with E-state index in [9.17, 15) is 0 Å². The quantitative estimate of drug-likeness (QED) is 0.726. The first-order chi connectivity index (χ1) is 6.34. The number of hydrogen-bond donors (Lipinski definition) is 1. The van der Waals surface area contributed by atoms with Crippen molar-refractivity contribution in [2.45, 2.75) is 38.6 Å². The van der Waals surface area contributed by atoms with E-state index < -0.39 is 0 Å². The van der Waals surface area contributed by atoms with E-state index in [0.29, 0.717) is 0 Å². The van der Waals surface area contributed by atoms with Gasteiger partial charge >= 0.3 is 0 Å². The Morgan fingerprint density at radius 1 is 1.08 bits per heavy atom. The lowest BCUT2D eigenvalue weighted by atomic mass is 10.2. The first kappa shape index (κ1) is 8.61. The molecule has 1 N–H and O–H groups in total. The van der Waals surface area contributed by atoms with Crippen LogP contribution in [0.15, 0.2) is 24.3 Å². The molecule has 0 atom stereocenters. The Balaban J connectivity index is 1.97. The summed E-state index contributed by atoms with van der Waals surface area (Å²) >= 11 is 0. The normalized spacial score (nSPS) is 17.6. The van der Waals surface area contributed by atoms with Gasteiger partial charge in [0.2, 0.25) is 0 Å². The van der Waals surface area contributed by atoms with E-state index in [0.717, 1.165) is 6.04 Å². The molecule has 1 saturated carbocycles. The zero-order valence-electron chi connectivity index (χ0n) is 8.22. The van der Waals surface area contributed by atoms with E-state index in [1.54, 1.807) is 0 Å². The van der Waals surface area contributed by atoms with Crippen molar-refractivity contribution in [3.63, 3.8) is 0 Å². The van der Waals surface area contributed by atoms with E-state index in [2.05, 4.69) is 36.5 Å². The van der Waals surface area contributed by atoms with Crippen LogP contribution in [0.4, 0.5) is 5.69 Å². The lowest BCUT2D eigenvalue weighted by Gasteiger charge is -2.13. The summed E-state index contributed by atoms with van der Waals surface area (Å²) in [4.78, 5) is 0. The second kappa shape index (κ2) is 3.82. The van der Waals surface area contributed by atoms with Gasteiger partial charge in [0.25, 0.3) is 0 Å². The zero-order valence-corrected chi connectivity index (χ0v) is 8.22. The minimum absolute atomic E-state index is 0.725. The van der Waals surface area contributed by atoms with Crippen molar-refractivity contribution in [1.82, 2.24) is 0 Å². The van der Waals surface area contributed by atoms with Gasteiger partial charge in [-0.05, 0) is 31.9 Å². The van der Waals surface area contributed by atoms with Crippen LogP contribution in [-0.4, -0.2) is 6.04 Å². The molecule has 0 amide bonds. The van der Waals surface area contributed by atoms with Crippen molar-refractivity contribution in [3.8, 4) is 0 Å². The third kappa shape index (κ3) is 2.24. The summed E-state index contributed by atoms with van der Waals surface area (Å²) in [6.45, 7) is 2.12. The third-order valence-corrected chi connectivity index (χ3v) is 2.78. The summed E-state index contributed by atoms with van der Waals surface area (Å²) < 4.78 is 0. The molecule has 0 heterocycles. The first-order valence-corrected chi connectivity index (χ1v) is 5.18. The number of nitrogens with one attached hydrogen (secondary N) is 1. The Labute approximate surface area is 80.2 Å². The minimum atomic E-state index is 0.725. The van der Waals surface area contributed by atoms with Gasteiger partial charge in [0.15, 0.2) is 0 Å². The predicted molar refractivity (Wildman–Crippen MR) is 57.1 cm³/mol. The largest absolute Gasteiger partial charge is 0.382 e.